The second-order valence-corrected chi connectivity index (χ2v) is 2.85. The Morgan fingerprint density at radius 3 is 2.43 bits per heavy atom. The summed E-state index contributed by atoms with van der Waals surface area (Å²) in [6, 6.07) is 1.59. The van der Waals surface area contributed by atoms with E-state index in [9.17, 15) is 18.0 Å². The van der Waals surface area contributed by atoms with Crippen molar-refractivity contribution in [3.05, 3.63) is 28.5 Å². The lowest BCUT2D eigenvalue weighted by molar-refractivity contribution is -0.141. The third-order valence-electron chi connectivity index (χ3n) is 1.33. The van der Waals surface area contributed by atoms with E-state index < -0.39 is 23.5 Å². The lowest BCUT2D eigenvalue weighted by Crippen LogP contribution is -2.17. The van der Waals surface area contributed by atoms with Gasteiger partial charge in [0.25, 0.3) is 5.91 Å². The molecule has 0 saturated heterocycles. The minimum absolute atomic E-state index is 0.235. The molecule has 0 radical (unpaired) electrons. The maximum atomic E-state index is 12.1. The summed E-state index contributed by atoms with van der Waals surface area (Å²) in [5, 5.41) is -0.235. The molecule has 1 aromatic rings. The third-order valence-corrected chi connectivity index (χ3v) is 1.55. The molecule has 1 rings (SSSR count). The minimum atomic E-state index is -4.64. The van der Waals surface area contributed by atoms with Crippen LogP contribution in [-0.4, -0.2) is 10.9 Å². The van der Waals surface area contributed by atoms with Crippen molar-refractivity contribution in [2.75, 3.05) is 0 Å². The molecule has 14 heavy (non-hydrogen) atoms. The van der Waals surface area contributed by atoms with Crippen LogP contribution in [0, 0.1) is 0 Å². The van der Waals surface area contributed by atoms with Crippen molar-refractivity contribution in [3.63, 3.8) is 0 Å². The SMILES string of the molecule is NC(=O)c1cc(Cl)cc(C(F)(F)F)n1. The van der Waals surface area contributed by atoms with Gasteiger partial charge in [-0.25, -0.2) is 4.98 Å². The van der Waals surface area contributed by atoms with Crippen LogP contribution < -0.4 is 5.73 Å². The summed E-state index contributed by atoms with van der Waals surface area (Å²) in [6.45, 7) is 0. The molecule has 7 heteroatoms. The smallest absolute Gasteiger partial charge is 0.364 e. The predicted octanol–water partition coefficient (Wildman–Crippen LogP) is 1.85. The number of primary amides is 1. The number of carbonyl (C=O) groups is 1. The maximum Gasteiger partial charge on any atom is 0.433 e. The zero-order valence-corrected chi connectivity index (χ0v) is 7.36. The molecular weight excluding hydrogens is 221 g/mol. The van der Waals surface area contributed by atoms with E-state index in [0.717, 1.165) is 6.07 Å². The summed E-state index contributed by atoms with van der Waals surface area (Å²) in [6.07, 6.45) is -4.64. The molecule has 2 N–H and O–H groups in total. The van der Waals surface area contributed by atoms with E-state index in [1.807, 2.05) is 0 Å². The van der Waals surface area contributed by atoms with Crippen molar-refractivity contribution in [1.82, 2.24) is 4.98 Å². The van der Waals surface area contributed by atoms with E-state index in [-0.39, 0.29) is 5.02 Å². The van der Waals surface area contributed by atoms with Gasteiger partial charge in [0, 0.05) is 5.02 Å². The summed E-state index contributed by atoms with van der Waals surface area (Å²) in [5.74, 6) is -1.06. The summed E-state index contributed by atoms with van der Waals surface area (Å²) in [7, 11) is 0. The van der Waals surface area contributed by atoms with Gasteiger partial charge in [0.1, 0.15) is 11.4 Å². The first-order valence-electron chi connectivity index (χ1n) is 3.35. The van der Waals surface area contributed by atoms with E-state index in [2.05, 4.69) is 4.98 Å². The van der Waals surface area contributed by atoms with E-state index in [1.54, 1.807) is 0 Å². The van der Waals surface area contributed by atoms with E-state index >= 15 is 0 Å². The van der Waals surface area contributed by atoms with Crippen molar-refractivity contribution < 1.29 is 18.0 Å². The monoisotopic (exact) mass is 224 g/mol. The highest BCUT2D eigenvalue weighted by Crippen LogP contribution is 2.29. The molecule has 1 heterocycles. The van der Waals surface area contributed by atoms with Gasteiger partial charge in [0.15, 0.2) is 0 Å². The van der Waals surface area contributed by atoms with Gasteiger partial charge in [-0.05, 0) is 12.1 Å². The molecule has 0 unspecified atom stereocenters. The van der Waals surface area contributed by atoms with Crippen molar-refractivity contribution in [2.24, 2.45) is 5.73 Å². The molecule has 0 saturated carbocycles. The minimum Gasteiger partial charge on any atom is -0.364 e. The van der Waals surface area contributed by atoms with Gasteiger partial charge in [-0.15, -0.1) is 0 Å². The van der Waals surface area contributed by atoms with Crippen LogP contribution in [0.25, 0.3) is 0 Å². The van der Waals surface area contributed by atoms with Gasteiger partial charge >= 0.3 is 6.18 Å². The van der Waals surface area contributed by atoms with Crippen LogP contribution in [0.5, 0.6) is 0 Å². The number of nitrogens with two attached hydrogens (primary N) is 1. The highest BCUT2D eigenvalue weighted by molar-refractivity contribution is 6.30. The van der Waals surface area contributed by atoms with Crippen LogP contribution in [0.4, 0.5) is 13.2 Å². The molecule has 0 aliphatic carbocycles. The second kappa shape index (κ2) is 3.45. The van der Waals surface area contributed by atoms with Gasteiger partial charge < -0.3 is 5.73 Å². The summed E-state index contributed by atoms with van der Waals surface area (Å²) >= 11 is 5.35. The second-order valence-electron chi connectivity index (χ2n) is 2.42. The number of amides is 1. The van der Waals surface area contributed by atoms with Crippen molar-refractivity contribution in [2.45, 2.75) is 6.18 Å². The lowest BCUT2D eigenvalue weighted by atomic mass is 10.3. The fourth-order valence-corrected chi connectivity index (χ4v) is 0.975. The van der Waals surface area contributed by atoms with Gasteiger partial charge in [-0.3, -0.25) is 4.79 Å². The quantitative estimate of drug-likeness (QED) is 0.792. The molecule has 0 aliphatic rings. The number of carbonyl (C=O) groups excluding carboxylic acids is 1. The predicted molar refractivity (Wildman–Crippen MR) is 42.8 cm³/mol. The molecule has 76 valence electrons. The first-order chi connectivity index (χ1) is 6.30. The van der Waals surface area contributed by atoms with Gasteiger partial charge in [0.05, 0.1) is 0 Å². The van der Waals surface area contributed by atoms with Crippen molar-refractivity contribution in [3.8, 4) is 0 Å². The summed E-state index contributed by atoms with van der Waals surface area (Å²) in [4.78, 5) is 13.6. The molecule has 0 aromatic carbocycles. The summed E-state index contributed by atoms with van der Waals surface area (Å²) in [5.41, 5.74) is 3.02. The Balaban J connectivity index is 3.28. The Hall–Kier alpha value is -1.30. The molecule has 0 spiro atoms. The fraction of sp³-hybridized carbons (Fsp3) is 0.143. The average molecular weight is 225 g/mol. The number of alkyl halides is 3. The standard InChI is InChI=1S/C7H4ClF3N2O/c8-3-1-4(6(12)14)13-5(2-3)7(9,10)11/h1-2H,(H2,12,14). The number of nitrogens with zero attached hydrogens (tertiary/aromatic N) is 1. The number of hydrogen-bond acceptors (Lipinski definition) is 2. The molecule has 1 amide bonds. The number of hydrogen-bond donors (Lipinski definition) is 1. The highest BCUT2D eigenvalue weighted by atomic mass is 35.5. The Kier molecular flexibility index (Phi) is 2.66. The molecule has 0 bridgehead atoms. The fourth-order valence-electron chi connectivity index (χ4n) is 0.769. The van der Waals surface area contributed by atoms with Crippen molar-refractivity contribution in [1.29, 1.82) is 0 Å². The molecule has 3 nitrogen and oxygen atoms in total. The largest absolute Gasteiger partial charge is 0.433 e. The Bertz CT molecular complexity index is 378. The van der Waals surface area contributed by atoms with Crippen LogP contribution >= 0.6 is 11.6 Å². The average Bonchev–Trinajstić information content (AvgIpc) is 2.01. The van der Waals surface area contributed by atoms with Crippen molar-refractivity contribution >= 4 is 17.5 Å². The van der Waals surface area contributed by atoms with Crippen LogP contribution in [0.15, 0.2) is 12.1 Å². The molecule has 0 atom stereocenters. The molecule has 1 aromatic heterocycles. The maximum absolute atomic E-state index is 12.1. The Labute approximate surface area is 81.7 Å². The molecule has 0 fully saturated rings. The van der Waals surface area contributed by atoms with E-state index in [0.29, 0.717) is 6.07 Å². The van der Waals surface area contributed by atoms with Crippen LogP contribution in [0.2, 0.25) is 5.02 Å². The summed E-state index contributed by atoms with van der Waals surface area (Å²) < 4.78 is 36.4. The first kappa shape index (κ1) is 10.8. The molecular formula is C7H4ClF3N2O. The highest BCUT2D eigenvalue weighted by Gasteiger charge is 2.33. The lowest BCUT2D eigenvalue weighted by Gasteiger charge is -2.06. The van der Waals surface area contributed by atoms with Crippen LogP contribution in [-0.2, 0) is 6.18 Å². The van der Waals surface area contributed by atoms with Crippen LogP contribution in [0.1, 0.15) is 16.2 Å². The number of halogens is 4. The number of rotatable bonds is 1. The zero-order valence-electron chi connectivity index (χ0n) is 6.60. The third kappa shape index (κ3) is 2.35. The van der Waals surface area contributed by atoms with Gasteiger partial charge in [-0.2, -0.15) is 13.2 Å². The van der Waals surface area contributed by atoms with Crippen LogP contribution in [0.3, 0.4) is 0 Å². The van der Waals surface area contributed by atoms with E-state index in [4.69, 9.17) is 17.3 Å². The topological polar surface area (TPSA) is 56.0 Å². The molecule has 0 aliphatic heterocycles. The Morgan fingerprint density at radius 1 is 1.43 bits per heavy atom. The normalized spacial score (nSPS) is 11.4. The van der Waals surface area contributed by atoms with Gasteiger partial charge in [0.2, 0.25) is 0 Å². The van der Waals surface area contributed by atoms with E-state index in [1.165, 1.54) is 0 Å². The number of aromatic nitrogens is 1. The zero-order chi connectivity index (χ0) is 10.9. The van der Waals surface area contributed by atoms with Gasteiger partial charge in [-0.1, -0.05) is 11.6 Å². The first-order valence-corrected chi connectivity index (χ1v) is 3.73. The number of pyridine rings is 1. The Morgan fingerprint density at radius 2 is 2.00 bits per heavy atom.